The largest absolute Gasteiger partial charge is 0.465 e. The predicted octanol–water partition coefficient (Wildman–Crippen LogP) is -1.68. The highest BCUT2D eigenvalue weighted by atomic mass is 32.3. The fourth-order valence-electron chi connectivity index (χ4n) is 4.02. The Hall–Kier alpha value is -2.93. The normalized spacial score (nSPS) is 24.1. The molecule has 0 aromatic carbocycles. The van der Waals surface area contributed by atoms with Crippen LogP contribution in [0.2, 0.25) is 0 Å². The summed E-state index contributed by atoms with van der Waals surface area (Å²) < 4.78 is 35.0. The maximum absolute atomic E-state index is 12.6. The number of nitrogens with zero attached hydrogens (tertiary/aromatic N) is 3. The lowest BCUT2D eigenvalue weighted by Gasteiger charge is -2.36. The van der Waals surface area contributed by atoms with Crippen molar-refractivity contribution >= 4 is 34.5 Å². The van der Waals surface area contributed by atoms with Gasteiger partial charge in [0.1, 0.15) is 6.04 Å². The van der Waals surface area contributed by atoms with Crippen molar-refractivity contribution in [2.24, 2.45) is 0 Å². The number of piperidine rings is 2. The Bertz CT molecular complexity index is 877. The van der Waals surface area contributed by atoms with Crippen molar-refractivity contribution in [3.63, 3.8) is 0 Å². The van der Waals surface area contributed by atoms with Gasteiger partial charge in [0.2, 0.25) is 0 Å². The molecule has 3 fully saturated rings. The fourth-order valence-corrected chi connectivity index (χ4v) is 4.41. The molecule has 0 saturated carbocycles. The fraction of sp³-hybridized carbons (Fsp3) is 0.733. The maximum Gasteiger partial charge on any atom is 0.418 e. The van der Waals surface area contributed by atoms with Gasteiger partial charge in [0.05, 0.1) is 12.1 Å². The van der Waals surface area contributed by atoms with Crippen LogP contribution >= 0.6 is 0 Å². The summed E-state index contributed by atoms with van der Waals surface area (Å²) in [5.41, 5.74) is 2.30. The second-order valence-electron chi connectivity index (χ2n) is 7.63. The van der Waals surface area contributed by atoms with Crippen LogP contribution in [0.1, 0.15) is 25.7 Å². The van der Waals surface area contributed by atoms with Crippen LogP contribution in [0, 0.1) is 0 Å². The van der Waals surface area contributed by atoms with Crippen LogP contribution in [-0.4, -0.2) is 106 Å². The van der Waals surface area contributed by atoms with E-state index < -0.39 is 59.0 Å². The van der Waals surface area contributed by atoms with E-state index in [1.54, 1.807) is 4.90 Å². The second kappa shape index (κ2) is 9.91. The third kappa shape index (κ3) is 6.32. The first kappa shape index (κ1) is 24.7. The summed E-state index contributed by atoms with van der Waals surface area (Å²) in [6.45, 7) is 0.576. The lowest BCUT2D eigenvalue weighted by Crippen LogP contribution is -2.60. The second-order valence-corrected chi connectivity index (χ2v) is 8.64. The van der Waals surface area contributed by atoms with Crippen molar-refractivity contribution in [3.8, 4) is 0 Å². The monoisotopic (exact) mass is 496 g/mol. The Morgan fingerprint density at radius 3 is 2.18 bits per heavy atom. The highest BCUT2D eigenvalue weighted by molar-refractivity contribution is 7.80. The molecule has 186 valence electrons. The first-order valence-electron chi connectivity index (χ1n) is 9.90. The van der Waals surface area contributed by atoms with E-state index in [1.165, 1.54) is 0 Å². The van der Waals surface area contributed by atoms with Crippen molar-refractivity contribution in [2.45, 2.75) is 50.2 Å². The van der Waals surface area contributed by atoms with Crippen molar-refractivity contribution in [1.82, 2.24) is 31.0 Å². The molecule has 18 heteroatoms. The predicted molar refractivity (Wildman–Crippen MR) is 103 cm³/mol. The lowest BCUT2D eigenvalue weighted by molar-refractivity contribution is -0.146. The van der Waals surface area contributed by atoms with Crippen LogP contribution in [0.4, 0.5) is 14.4 Å². The molecule has 3 rings (SSSR count). The van der Waals surface area contributed by atoms with E-state index in [4.69, 9.17) is 19.6 Å². The average Bonchev–Trinajstić information content (AvgIpc) is 2.95. The minimum Gasteiger partial charge on any atom is -0.465 e. The van der Waals surface area contributed by atoms with Crippen LogP contribution in [0.25, 0.3) is 0 Å². The van der Waals surface area contributed by atoms with Gasteiger partial charge in [-0.25, -0.2) is 19.9 Å². The van der Waals surface area contributed by atoms with Crippen LogP contribution < -0.4 is 16.1 Å². The van der Waals surface area contributed by atoms with Crippen LogP contribution in [0.15, 0.2) is 0 Å². The molecular formula is C15H24N6O11S. The molecule has 0 aromatic rings. The minimum atomic E-state index is -4.89. The summed E-state index contributed by atoms with van der Waals surface area (Å²) >= 11 is 0. The summed E-state index contributed by atoms with van der Waals surface area (Å²) in [6, 6.07) is -2.42. The number of amides is 5. The van der Waals surface area contributed by atoms with Crippen LogP contribution in [-0.2, 0) is 24.3 Å². The van der Waals surface area contributed by atoms with E-state index in [1.807, 2.05) is 0 Å². The number of rotatable bonds is 8. The molecule has 3 saturated heterocycles. The standard InChI is InChI=1S/C15H24N6O11S/c22-11(10-2-1-8-7-20(10)15(27)21(8)32-33(28,29)30)18-31-9-3-5-19(6-4-9)12(16-13(23)24)17-14(25)26/h8-10,12,16-17H,1-7H2,(H,18,22)(H,23,24)(H,25,26)(H,28,29,30)/t8-,10+/m1/s1. The van der Waals surface area contributed by atoms with E-state index in [0.29, 0.717) is 17.9 Å². The molecule has 0 aromatic heterocycles. The number of urea groups is 1. The summed E-state index contributed by atoms with van der Waals surface area (Å²) in [7, 11) is -4.89. The van der Waals surface area contributed by atoms with Crippen molar-refractivity contribution in [1.29, 1.82) is 0 Å². The number of carboxylic acid groups (broad SMARTS) is 2. The summed E-state index contributed by atoms with van der Waals surface area (Å²) in [5.74, 6) is -0.615. The Kier molecular flexibility index (Phi) is 7.42. The SMILES string of the molecule is O=C(O)NC(NC(=O)O)N1CCC(ONC(=O)[C@@H]2CC[C@@H]3CN2C(=O)N3OS(=O)(=O)O)CC1. The Morgan fingerprint density at radius 1 is 1.03 bits per heavy atom. The number of carbonyl (C=O) groups is 4. The number of fused-ring (bicyclic) bond motifs is 2. The molecule has 3 aliphatic heterocycles. The van der Waals surface area contributed by atoms with Gasteiger partial charge >= 0.3 is 28.6 Å². The Balaban J connectivity index is 1.48. The van der Waals surface area contributed by atoms with Gasteiger partial charge in [-0.05, 0) is 25.7 Å². The van der Waals surface area contributed by atoms with Gasteiger partial charge in [-0.2, -0.15) is 13.5 Å². The Morgan fingerprint density at radius 2 is 1.64 bits per heavy atom. The number of nitrogens with one attached hydrogen (secondary N) is 3. The van der Waals surface area contributed by atoms with Gasteiger partial charge in [0, 0.05) is 19.6 Å². The molecule has 0 spiro atoms. The van der Waals surface area contributed by atoms with Crippen LogP contribution in [0.3, 0.4) is 0 Å². The van der Waals surface area contributed by atoms with Crippen molar-refractivity contribution < 1.29 is 51.5 Å². The molecule has 3 aliphatic rings. The maximum atomic E-state index is 12.6. The molecule has 6 N–H and O–H groups in total. The van der Waals surface area contributed by atoms with Gasteiger partial charge < -0.3 is 15.1 Å². The van der Waals surface area contributed by atoms with E-state index in [0.717, 1.165) is 4.90 Å². The zero-order valence-electron chi connectivity index (χ0n) is 17.1. The summed E-state index contributed by atoms with van der Waals surface area (Å²) in [6.07, 6.45) is -3.18. The number of hydrogen-bond acceptors (Lipinski definition) is 9. The van der Waals surface area contributed by atoms with E-state index in [-0.39, 0.29) is 32.5 Å². The molecule has 0 unspecified atom stereocenters. The number of likely N-dealkylation sites (tertiary alicyclic amines) is 1. The lowest BCUT2D eigenvalue weighted by atomic mass is 10.0. The van der Waals surface area contributed by atoms with Gasteiger partial charge in [-0.15, -0.1) is 4.28 Å². The number of hydroxylamine groups is 3. The van der Waals surface area contributed by atoms with Crippen molar-refractivity contribution in [2.75, 3.05) is 19.6 Å². The quantitative estimate of drug-likeness (QED) is 0.126. The van der Waals surface area contributed by atoms with Gasteiger partial charge in [-0.3, -0.25) is 29.7 Å². The number of hydrogen-bond donors (Lipinski definition) is 6. The first-order valence-corrected chi connectivity index (χ1v) is 11.3. The smallest absolute Gasteiger partial charge is 0.418 e. The molecule has 0 radical (unpaired) electrons. The number of carbonyl (C=O) groups excluding carboxylic acids is 2. The Labute approximate surface area is 187 Å². The highest BCUT2D eigenvalue weighted by Crippen LogP contribution is 2.30. The minimum absolute atomic E-state index is 0.0410. The molecular weight excluding hydrogens is 472 g/mol. The molecule has 2 atom stereocenters. The third-order valence-electron chi connectivity index (χ3n) is 5.49. The van der Waals surface area contributed by atoms with Gasteiger partial charge in [0.15, 0.2) is 6.29 Å². The summed E-state index contributed by atoms with van der Waals surface area (Å²) in [4.78, 5) is 54.8. The highest BCUT2D eigenvalue weighted by Gasteiger charge is 2.49. The molecule has 3 heterocycles. The van der Waals surface area contributed by atoms with Gasteiger partial charge in [0.25, 0.3) is 5.91 Å². The third-order valence-corrected chi connectivity index (χ3v) is 5.84. The zero-order chi connectivity index (χ0) is 24.3. The average molecular weight is 496 g/mol. The van der Waals surface area contributed by atoms with Crippen molar-refractivity contribution in [3.05, 3.63) is 0 Å². The van der Waals surface area contributed by atoms with E-state index >= 15 is 0 Å². The molecule has 33 heavy (non-hydrogen) atoms. The molecule has 0 aliphatic carbocycles. The topological polar surface area (TPSA) is 227 Å². The van der Waals surface area contributed by atoms with E-state index in [9.17, 15) is 27.6 Å². The molecule has 2 bridgehead atoms. The van der Waals surface area contributed by atoms with Gasteiger partial charge in [-0.1, -0.05) is 0 Å². The summed E-state index contributed by atoms with van der Waals surface area (Å²) in [5, 5.41) is 22.4. The molecule has 5 amide bonds. The van der Waals surface area contributed by atoms with Crippen LogP contribution in [0.5, 0.6) is 0 Å². The van der Waals surface area contributed by atoms with E-state index in [2.05, 4.69) is 20.4 Å². The first-order chi connectivity index (χ1) is 15.4. The zero-order valence-corrected chi connectivity index (χ0v) is 17.9. The molecule has 17 nitrogen and oxygen atoms in total.